The number of carboxylic acids is 1. The number of nitrogens with one attached hydrogen (secondary N) is 1. The monoisotopic (exact) mass is 404 g/mol. The largest absolute Gasteiger partial charge is 0.573 e. The highest BCUT2D eigenvalue weighted by atomic mass is 32.1. The van der Waals surface area contributed by atoms with Crippen molar-refractivity contribution in [3.05, 3.63) is 30.0 Å². The van der Waals surface area contributed by atoms with Crippen LogP contribution in [-0.2, 0) is 4.74 Å². The van der Waals surface area contributed by atoms with Crippen LogP contribution in [0.5, 0.6) is 5.75 Å². The molecule has 146 valence electrons. The van der Waals surface area contributed by atoms with Gasteiger partial charge in [-0.25, -0.2) is 14.6 Å². The van der Waals surface area contributed by atoms with E-state index in [0.717, 1.165) is 6.07 Å². The molecule has 2 N–H and O–H groups in total. The number of carbonyl (C=O) groups is 2. The molecule has 1 heterocycles. The van der Waals surface area contributed by atoms with Gasteiger partial charge in [-0.05, 0) is 32.9 Å². The van der Waals surface area contributed by atoms with Crippen LogP contribution in [0, 0.1) is 0 Å². The van der Waals surface area contributed by atoms with Gasteiger partial charge in [0.1, 0.15) is 21.4 Å². The van der Waals surface area contributed by atoms with Crippen LogP contribution in [-0.4, -0.2) is 34.1 Å². The lowest BCUT2D eigenvalue weighted by molar-refractivity contribution is -0.274. The molecule has 0 saturated heterocycles. The van der Waals surface area contributed by atoms with E-state index in [1.54, 1.807) is 20.8 Å². The minimum Gasteiger partial charge on any atom is -0.476 e. The van der Waals surface area contributed by atoms with Gasteiger partial charge >= 0.3 is 18.4 Å². The van der Waals surface area contributed by atoms with Gasteiger partial charge < -0.3 is 14.6 Å². The molecule has 0 unspecified atom stereocenters. The van der Waals surface area contributed by atoms with Crippen LogP contribution in [0.2, 0.25) is 0 Å². The first kappa shape index (κ1) is 20.5. The number of aromatic carboxylic acids is 1. The summed E-state index contributed by atoms with van der Waals surface area (Å²) in [6.07, 6.45) is -5.85. The van der Waals surface area contributed by atoms with Gasteiger partial charge in [0.15, 0.2) is 5.69 Å². The Bertz CT molecular complexity index is 858. The van der Waals surface area contributed by atoms with Gasteiger partial charge in [-0.2, -0.15) is 0 Å². The highest BCUT2D eigenvalue weighted by Gasteiger charge is 2.33. The number of anilines is 1. The number of hydrogen-bond acceptors (Lipinski definition) is 6. The van der Waals surface area contributed by atoms with Crippen LogP contribution in [0.4, 0.5) is 23.0 Å². The van der Waals surface area contributed by atoms with Crippen LogP contribution in [0.3, 0.4) is 0 Å². The molecule has 1 aromatic carbocycles. The maximum atomic E-state index is 12.6. The molecule has 1 aromatic heterocycles. The first-order valence-electron chi connectivity index (χ1n) is 7.45. The first-order chi connectivity index (χ1) is 12.4. The van der Waals surface area contributed by atoms with E-state index in [2.05, 4.69) is 15.0 Å². The molecule has 2 aromatic rings. The molecular formula is C16H15F3N2O5S. The van der Waals surface area contributed by atoms with E-state index < -0.39 is 35.5 Å². The number of rotatable bonds is 4. The van der Waals surface area contributed by atoms with Crippen molar-refractivity contribution in [2.75, 3.05) is 5.32 Å². The second kappa shape index (κ2) is 7.43. The van der Waals surface area contributed by atoms with Gasteiger partial charge in [0.2, 0.25) is 0 Å². The molecule has 0 aliphatic carbocycles. The number of aromatic nitrogens is 1. The van der Waals surface area contributed by atoms with Gasteiger partial charge in [0, 0.05) is 0 Å². The molecular weight excluding hydrogens is 389 g/mol. The van der Waals surface area contributed by atoms with Crippen LogP contribution in [0.1, 0.15) is 31.3 Å². The van der Waals surface area contributed by atoms with Crippen molar-refractivity contribution in [1.82, 2.24) is 4.98 Å². The topological polar surface area (TPSA) is 97.8 Å². The van der Waals surface area contributed by atoms with E-state index >= 15 is 0 Å². The molecule has 0 saturated carbocycles. The number of carbonyl (C=O) groups excluding carboxylic acids is 1. The van der Waals surface area contributed by atoms with Crippen LogP contribution >= 0.6 is 11.3 Å². The molecule has 11 heteroatoms. The molecule has 0 aliphatic rings. The average Bonchev–Trinajstić information content (AvgIpc) is 2.87. The number of benzene rings is 1. The second-order valence-corrected chi connectivity index (χ2v) is 7.17. The molecule has 2 rings (SSSR count). The third kappa shape index (κ3) is 5.84. The van der Waals surface area contributed by atoms with E-state index in [-0.39, 0.29) is 15.6 Å². The summed E-state index contributed by atoms with van der Waals surface area (Å²) < 4.78 is 46.7. The number of nitrogens with zero attached hydrogens (tertiary/aromatic N) is 1. The van der Waals surface area contributed by atoms with Gasteiger partial charge in [0.05, 0.1) is 5.56 Å². The van der Waals surface area contributed by atoms with Gasteiger partial charge in [-0.1, -0.05) is 23.5 Å². The summed E-state index contributed by atoms with van der Waals surface area (Å²) in [5, 5.41) is 11.3. The Morgan fingerprint density at radius 1 is 1.19 bits per heavy atom. The minimum atomic E-state index is -4.93. The summed E-state index contributed by atoms with van der Waals surface area (Å²) in [7, 11) is 0. The Morgan fingerprint density at radius 3 is 2.37 bits per heavy atom. The lowest BCUT2D eigenvalue weighted by Crippen LogP contribution is -2.27. The fourth-order valence-electron chi connectivity index (χ4n) is 1.92. The number of alkyl halides is 3. The van der Waals surface area contributed by atoms with Crippen molar-refractivity contribution < 1.29 is 37.3 Å². The zero-order chi connectivity index (χ0) is 20.4. The van der Waals surface area contributed by atoms with E-state index in [9.17, 15) is 27.9 Å². The Hall–Kier alpha value is -2.82. The molecule has 7 nitrogen and oxygen atoms in total. The number of hydrogen-bond donors (Lipinski definition) is 2. The van der Waals surface area contributed by atoms with Gasteiger partial charge in [-0.3, -0.25) is 5.32 Å². The fraction of sp³-hybridized carbons (Fsp3) is 0.312. The van der Waals surface area contributed by atoms with Gasteiger partial charge in [0.25, 0.3) is 0 Å². The summed E-state index contributed by atoms with van der Waals surface area (Å²) in [5.74, 6) is -2.00. The quantitative estimate of drug-likeness (QED) is 0.763. The highest BCUT2D eigenvalue weighted by molar-refractivity contribution is 7.19. The zero-order valence-electron chi connectivity index (χ0n) is 14.4. The Morgan fingerprint density at radius 2 is 1.81 bits per heavy atom. The summed E-state index contributed by atoms with van der Waals surface area (Å²) in [5.41, 5.74) is -1.42. The number of carboxylic acid groups (broad SMARTS) is 1. The lowest BCUT2D eigenvalue weighted by atomic mass is 10.2. The lowest BCUT2D eigenvalue weighted by Gasteiger charge is -2.19. The van der Waals surface area contributed by atoms with Crippen molar-refractivity contribution in [3.8, 4) is 16.3 Å². The average molecular weight is 404 g/mol. The minimum absolute atomic E-state index is 0.0698. The van der Waals surface area contributed by atoms with Gasteiger partial charge in [-0.15, -0.1) is 13.2 Å². The third-order valence-corrected chi connectivity index (χ3v) is 3.79. The molecule has 0 radical (unpaired) electrons. The number of ether oxygens (including phenoxy) is 2. The second-order valence-electron chi connectivity index (χ2n) is 6.17. The van der Waals surface area contributed by atoms with E-state index in [1.165, 1.54) is 18.2 Å². The van der Waals surface area contributed by atoms with E-state index in [4.69, 9.17) is 4.74 Å². The first-order valence-corrected chi connectivity index (χ1v) is 8.26. The Kier molecular flexibility index (Phi) is 5.64. The Balaban J connectivity index is 2.41. The standard InChI is InChI=1S/C16H15F3N2O5S/c1-15(2,3)26-14(24)21-12-10(13(22)23)20-11(27-12)8-6-4-5-7-9(8)25-16(17,18)19/h4-7H,1-3H3,(H,21,24)(H,22,23). The SMILES string of the molecule is CC(C)(C)OC(=O)Nc1sc(-c2ccccc2OC(F)(F)F)nc1C(=O)O. The third-order valence-electron chi connectivity index (χ3n) is 2.79. The number of para-hydroxylation sites is 1. The highest BCUT2D eigenvalue weighted by Crippen LogP contribution is 2.39. The van der Waals surface area contributed by atoms with Crippen LogP contribution in [0.25, 0.3) is 10.6 Å². The number of thiazole rings is 1. The summed E-state index contributed by atoms with van der Waals surface area (Å²) >= 11 is 0.684. The number of amides is 1. The van der Waals surface area contributed by atoms with Crippen molar-refractivity contribution >= 4 is 28.4 Å². The maximum Gasteiger partial charge on any atom is 0.573 e. The van der Waals surface area contributed by atoms with E-state index in [0.29, 0.717) is 11.3 Å². The summed E-state index contributed by atoms with van der Waals surface area (Å²) in [6.45, 7) is 4.86. The molecule has 27 heavy (non-hydrogen) atoms. The number of halogens is 3. The maximum absolute atomic E-state index is 12.6. The molecule has 0 fully saturated rings. The van der Waals surface area contributed by atoms with Crippen LogP contribution < -0.4 is 10.1 Å². The van der Waals surface area contributed by atoms with Crippen molar-refractivity contribution in [1.29, 1.82) is 0 Å². The zero-order valence-corrected chi connectivity index (χ0v) is 15.2. The predicted octanol–water partition coefficient (Wildman–Crippen LogP) is 4.75. The molecule has 0 bridgehead atoms. The van der Waals surface area contributed by atoms with Crippen molar-refractivity contribution in [3.63, 3.8) is 0 Å². The predicted molar refractivity (Wildman–Crippen MR) is 91.0 cm³/mol. The van der Waals surface area contributed by atoms with Crippen LogP contribution in [0.15, 0.2) is 24.3 Å². The molecule has 0 atom stereocenters. The molecule has 0 spiro atoms. The normalized spacial score (nSPS) is 11.8. The molecule has 0 aliphatic heterocycles. The van der Waals surface area contributed by atoms with E-state index in [1.807, 2.05) is 0 Å². The van der Waals surface area contributed by atoms with Crippen molar-refractivity contribution in [2.45, 2.75) is 32.7 Å². The smallest absolute Gasteiger partial charge is 0.476 e. The van der Waals surface area contributed by atoms with Crippen molar-refractivity contribution in [2.24, 2.45) is 0 Å². The summed E-state index contributed by atoms with van der Waals surface area (Å²) in [6, 6.07) is 5.14. The Labute approximate surface area is 155 Å². The molecule has 1 amide bonds. The fourth-order valence-corrected chi connectivity index (χ4v) is 2.89. The summed E-state index contributed by atoms with van der Waals surface area (Å²) in [4.78, 5) is 27.1.